The van der Waals surface area contributed by atoms with Crippen LogP contribution in [0.15, 0.2) is 94.8 Å². The first-order valence-corrected chi connectivity index (χ1v) is 12.1. The molecule has 4 rings (SSSR count). The van der Waals surface area contributed by atoms with Gasteiger partial charge in [0.05, 0.1) is 0 Å². The van der Waals surface area contributed by atoms with Crippen LogP contribution in [-0.2, 0) is 36.2 Å². The maximum atomic E-state index is 10.7. The second-order valence-electron chi connectivity index (χ2n) is 6.59. The molecular formula is C26H18FeO4S2. The van der Waals surface area contributed by atoms with Crippen LogP contribution in [-0.4, -0.2) is 21.7 Å². The zero-order chi connectivity index (χ0) is 22.8. The molecule has 0 saturated heterocycles. The summed E-state index contributed by atoms with van der Waals surface area (Å²) in [6.45, 7) is 0. The van der Waals surface area contributed by atoms with E-state index in [1.54, 1.807) is 33.8 Å². The van der Waals surface area contributed by atoms with Gasteiger partial charge in [-0.2, -0.15) is 32.2 Å². The van der Waals surface area contributed by atoms with E-state index in [1.165, 1.54) is 0 Å². The van der Waals surface area contributed by atoms with E-state index in [-0.39, 0.29) is 17.1 Å². The molecule has 2 aliphatic rings. The molecule has 2 aliphatic carbocycles. The Balaban J connectivity index is 0.000000227. The fourth-order valence-corrected chi connectivity index (χ4v) is 5.02. The van der Waals surface area contributed by atoms with Gasteiger partial charge in [-0.15, -0.1) is 0 Å². The third-order valence-corrected chi connectivity index (χ3v) is 7.04. The van der Waals surface area contributed by atoms with E-state index >= 15 is 0 Å². The molecule has 0 radical (unpaired) electrons. The van der Waals surface area contributed by atoms with Crippen molar-refractivity contribution in [1.29, 1.82) is 0 Å². The SMILES string of the molecule is O=C=S([C-]=O)c1ccccc1C1=CC=CC1.O=C=S([C-]=O)c1ccccc1C1=CC=CC1.[Fe+2]. The van der Waals surface area contributed by atoms with Crippen molar-refractivity contribution in [3.05, 3.63) is 96.1 Å². The van der Waals surface area contributed by atoms with Crippen LogP contribution in [0.5, 0.6) is 0 Å². The van der Waals surface area contributed by atoms with Crippen LogP contribution in [0.1, 0.15) is 24.0 Å². The van der Waals surface area contributed by atoms with Crippen LogP contribution in [0.3, 0.4) is 0 Å². The van der Waals surface area contributed by atoms with E-state index in [9.17, 15) is 19.2 Å². The van der Waals surface area contributed by atoms with Gasteiger partial charge in [-0.05, 0) is 44.9 Å². The average Bonchev–Trinajstić information content (AvgIpc) is 3.57. The van der Waals surface area contributed by atoms with Gasteiger partial charge in [0.1, 0.15) is 10.5 Å². The smallest absolute Gasteiger partial charge is 0.530 e. The second kappa shape index (κ2) is 13.6. The Labute approximate surface area is 208 Å². The third kappa shape index (κ3) is 6.56. The van der Waals surface area contributed by atoms with Crippen LogP contribution in [0, 0.1) is 0 Å². The first kappa shape index (κ1) is 26.4. The molecule has 0 saturated carbocycles. The monoisotopic (exact) mass is 514 g/mol. The molecule has 166 valence electrons. The number of carbonyl (C=O) groups excluding carboxylic acids is 4. The van der Waals surface area contributed by atoms with Crippen LogP contribution in [0.4, 0.5) is 0 Å². The molecule has 2 aromatic carbocycles. The number of allylic oxidation sites excluding steroid dienone is 8. The summed E-state index contributed by atoms with van der Waals surface area (Å²) >= 11 is 0. The Morgan fingerprint density at radius 3 is 1.36 bits per heavy atom. The first-order chi connectivity index (χ1) is 15.7. The van der Waals surface area contributed by atoms with Crippen molar-refractivity contribution in [2.75, 3.05) is 0 Å². The van der Waals surface area contributed by atoms with E-state index in [1.807, 2.05) is 72.9 Å². The minimum Gasteiger partial charge on any atom is -0.530 e. The van der Waals surface area contributed by atoms with Crippen molar-refractivity contribution in [2.24, 2.45) is 0 Å². The number of benzene rings is 2. The third-order valence-electron chi connectivity index (χ3n) is 4.78. The summed E-state index contributed by atoms with van der Waals surface area (Å²) in [7, 11) is -2.38. The fourth-order valence-electron chi connectivity index (χ4n) is 3.33. The van der Waals surface area contributed by atoms with Gasteiger partial charge in [0, 0.05) is 0 Å². The summed E-state index contributed by atoms with van der Waals surface area (Å²) in [5.41, 5.74) is 7.62. The van der Waals surface area contributed by atoms with Gasteiger partial charge in [0.25, 0.3) is 0 Å². The largest absolute Gasteiger partial charge is 2.00 e. The molecular weight excluding hydrogens is 496 g/mol. The molecule has 2 atom stereocenters. The fraction of sp³-hybridized carbons (Fsp3) is 0.0769. The van der Waals surface area contributed by atoms with Crippen LogP contribution in [0.25, 0.3) is 11.1 Å². The standard InChI is InChI=1S/2C13H9O2S.Fe/c2*14-9-16(10-15)13-8-4-3-7-12(13)11-5-1-2-6-11;/h2*1-5,7-8H,6H2;/q2*-1;+2. The summed E-state index contributed by atoms with van der Waals surface area (Å²) in [5, 5.41) is 3.48. The van der Waals surface area contributed by atoms with E-state index in [2.05, 4.69) is 0 Å². The maximum absolute atomic E-state index is 10.7. The molecule has 2 unspecified atom stereocenters. The van der Waals surface area contributed by atoms with Gasteiger partial charge < -0.3 is 9.59 Å². The Bertz CT molecular complexity index is 1180. The minimum atomic E-state index is -1.19. The number of hydrogen-bond acceptors (Lipinski definition) is 4. The van der Waals surface area contributed by atoms with Crippen molar-refractivity contribution in [2.45, 2.75) is 22.6 Å². The predicted octanol–water partition coefficient (Wildman–Crippen LogP) is 5.58. The molecule has 0 aromatic heterocycles. The summed E-state index contributed by atoms with van der Waals surface area (Å²) < 4.78 is 0. The Morgan fingerprint density at radius 2 is 1.06 bits per heavy atom. The molecule has 0 N–H and O–H groups in total. The van der Waals surface area contributed by atoms with Crippen LogP contribution in [0.2, 0.25) is 0 Å². The van der Waals surface area contributed by atoms with Crippen molar-refractivity contribution in [3.63, 3.8) is 0 Å². The van der Waals surface area contributed by atoms with Gasteiger partial charge in [0.2, 0.25) is 0 Å². The zero-order valence-electron chi connectivity index (χ0n) is 17.3. The minimum absolute atomic E-state index is 0. The Kier molecular flexibility index (Phi) is 10.9. The molecule has 2 aromatic rings. The topological polar surface area (TPSA) is 68.3 Å². The van der Waals surface area contributed by atoms with Gasteiger partial charge in [-0.25, -0.2) is 9.59 Å². The molecule has 0 amide bonds. The van der Waals surface area contributed by atoms with E-state index in [4.69, 9.17) is 0 Å². The molecule has 7 heteroatoms. The average molecular weight is 514 g/mol. The van der Waals surface area contributed by atoms with Crippen molar-refractivity contribution in [1.82, 2.24) is 0 Å². The normalized spacial score (nSPS) is 14.9. The summed E-state index contributed by atoms with van der Waals surface area (Å²) in [6.07, 6.45) is 13.7. The van der Waals surface area contributed by atoms with Crippen molar-refractivity contribution < 1.29 is 36.2 Å². The quantitative estimate of drug-likeness (QED) is 0.287. The predicted molar refractivity (Wildman–Crippen MR) is 131 cm³/mol. The van der Waals surface area contributed by atoms with Gasteiger partial charge in [0.15, 0.2) is 0 Å². The van der Waals surface area contributed by atoms with Crippen LogP contribution >= 0.6 is 21.0 Å². The van der Waals surface area contributed by atoms with Gasteiger partial charge in [-0.1, -0.05) is 85.0 Å². The van der Waals surface area contributed by atoms with Crippen LogP contribution < -0.4 is 0 Å². The summed E-state index contributed by atoms with van der Waals surface area (Å²) in [5.74, 6) is 0. The molecule has 33 heavy (non-hydrogen) atoms. The van der Waals surface area contributed by atoms with Crippen molar-refractivity contribution in [3.8, 4) is 0 Å². The van der Waals surface area contributed by atoms with Gasteiger partial charge >= 0.3 is 17.1 Å². The Hall–Kier alpha value is -2.88. The molecule has 0 bridgehead atoms. The second-order valence-corrected chi connectivity index (χ2v) is 9.36. The molecule has 4 nitrogen and oxygen atoms in total. The number of rotatable bonds is 6. The molecule has 0 fully saturated rings. The maximum Gasteiger partial charge on any atom is 2.00 e. The van der Waals surface area contributed by atoms with Gasteiger partial charge in [-0.3, -0.25) is 0 Å². The molecule has 0 spiro atoms. The van der Waals surface area contributed by atoms with E-state index in [0.29, 0.717) is 9.79 Å². The number of hydrogen-bond donors (Lipinski definition) is 0. The van der Waals surface area contributed by atoms with E-state index in [0.717, 1.165) is 35.1 Å². The molecule has 0 aliphatic heterocycles. The summed E-state index contributed by atoms with van der Waals surface area (Å²) in [6, 6.07) is 14.8. The zero-order valence-corrected chi connectivity index (χ0v) is 20.0. The molecule has 0 heterocycles. The van der Waals surface area contributed by atoms with E-state index < -0.39 is 21.0 Å². The first-order valence-electron chi connectivity index (χ1n) is 9.63. The Morgan fingerprint density at radius 1 is 0.667 bits per heavy atom. The van der Waals surface area contributed by atoms with Crippen molar-refractivity contribution >= 4 is 53.8 Å². The summed E-state index contributed by atoms with van der Waals surface area (Å²) in [4.78, 5) is 44.2.